The first-order valence-corrected chi connectivity index (χ1v) is 6.82. The molecular formula is C9H18O4S2. The van der Waals surface area contributed by atoms with Crippen molar-refractivity contribution < 1.29 is 20.4 Å². The summed E-state index contributed by atoms with van der Waals surface area (Å²) in [5, 5.41) is 37.8. The molecule has 15 heavy (non-hydrogen) atoms. The molecule has 0 radical (unpaired) electrons. The second kappa shape index (κ2) is 5.75. The van der Waals surface area contributed by atoms with Crippen LogP contribution in [0.4, 0.5) is 0 Å². The Morgan fingerprint density at radius 2 is 1.73 bits per heavy atom. The Labute approximate surface area is 98.1 Å². The first kappa shape index (κ1) is 13.6. The predicted octanol–water partition coefficient (Wildman–Crippen LogP) is -0.356. The minimum absolute atomic E-state index is 0.190. The standard InChI is InChI=1S/C9H18O4S2/c1-4(2)14-9-8(13)7(12)6(11)5(3-10)15-9/h4-13H,3H2,1-2H3/t5-,6+,7+,8-,9-/m1/s1. The van der Waals surface area contributed by atoms with Crippen molar-refractivity contribution in [1.29, 1.82) is 0 Å². The molecule has 0 spiro atoms. The van der Waals surface area contributed by atoms with E-state index in [-0.39, 0.29) is 11.2 Å². The molecule has 0 aromatic heterocycles. The largest absolute Gasteiger partial charge is 0.395 e. The van der Waals surface area contributed by atoms with E-state index in [0.717, 1.165) is 0 Å². The van der Waals surface area contributed by atoms with E-state index in [2.05, 4.69) is 0 Å². The Bertz CT molecular complexity index is 201. The molecule has 0 aromatic rings. The van der Waals surface area contributed by atoms with Gasteiger partial charge in [-0.1, -0.05) is 13.8 Å². The van der Waals surface area contributed by atoms with Gasteiger partial charge in [-0.2, -0.15) is 0 Å². The van der Waals surface area contributed by atoms with Gasteiger partial charge in [0, 0.05) is 5.25 Å². The summed E-state index contributed by atoms with van der Waals surface area (Å²) >= 11 is 2.87. The van der Waals surface area contributed by atoms with Crippen LogP contribution in [0.5, 0.6) is 0 Å². The Morgan fingerprint density at radius 1 is 1.13 bits per heavy atom. The van der Waals surface area contributed by atoms with Gasteiger partial charge in [0.05, 0.1) is 22.5 Å². The van der Waals surface area contributed by atoms with Crippen molar-refractivity contribution in [3.05, 3.63) is 0 Å². The maximum Gasteiger partial charge on any atom is 0.109 e. The zero-order chi connectivity index (χ0) is 11.6. The van der Waals surface area contributed by atoms with Crippen LogP contribution in [0.15, 0.2) is 0 Å². The van der Waals surface area contributed by atoms with E-state index >= 15 is 0 Å². The Kier molecular flexibility index (Phi) is 5.21. The Balaban J connectivity index is 2.65. The van der Waals surface area contributed by atoms with Gasteiger partial charge in [-0.15, -0.1) is 23.5 Å². The molecule has 1 heterocycles. The van der Waals surface area contributed by atoms with Crippen LogP contribution in [0.3, 0.4) is 0 Å². The third-order valence-corrected chi connectivity index (χ3v) is 5.34. The van der Waals surface area contributed by atoms with Gasteiger partial charge in [-0.25, -0.2) is 0 Å². The number of hydrogen-bond acceptors (Lipinski definition) is 6. The molecule has 4 nitrogen and oxygen atoms in total. The van der Waals surface area contributed by atoms with Gasteiger partial charge in [-0.3, -0.25) is 0 Å². The van der Waals surface area contributed by atoms with E-state index in [1.807, 2.05) is 13.8 Å². The second-order valence-electron chi connectivity index (χ2n) is 3.88. The Morgan fingerprint density at radius 3 is 2.20 bits per heavy atom. The minimum atomic E-state index is -1.17. The molecule has 0 amide bonds. The molecular weight excluding hydrogens is 236 g/mol. The van der Waals surface area contributed by atoms with Gasteiger partial charge in [0.2, 0.25) is 0 Å². The van der Waals surface area contributed by atoms with E-state index in [9.17, 15) is 15.3 Å². The molecule has 1 aliphatic heterocycles. The van der Waals surface area contributed by atoms with E-state index < -0.39 is 23.6 Å². The SMILES string of the molecule is CC(C)S[C@@H]1S[C@H](CO)[C@H](O)[C@H](O)[C@H]1O. The fraction of sp³-hybridized carbons (Fsp3) is 1.00. The van der Waals surface area contributed by atoms with Crippen LogP contribution < -0.4 is 0 Å². The predicted molar refractivity (Wildman–Crippen MR) is 63.0 cm³/mol. The van der Waals surface area contributed by atoms with Crippen LogP contribution in [-0.2, 0) is 0 Å². The lowest BCUT2D eigenvalue weighted by Crippen LogP contribution is -2.53. The molecule has 5 atom stereocenters. The zero-order valence-electron chi connectivity index (χ0n) is 8.78. The highest BCUT2D eigenvalue weighted by Crippen LogP contribution is 2.40. The fourth-order valence-electron chi connectivity index (χ4n) is 1.45. The topological polar surface area (TPSA) is 80.9 Å². The van der Waals surface area contributed by atoms with Crippen molar-refractivity contribution in [3.63, 3.8) is 0 Å². The van der Waals surface area contributed by atoms with Gasteiger partial charge in [0.1, 0.15) is 12.2 Å². The molecule has 0 saturated carbocycles. The van der Waals surface area contributed by atoms with E-state index in [0.29, 0.717) is 5.25 Å². The van der Waals surface area contributed by atoms with Gasteiger partial charge in [0.15, 0.2) is 0 Å². The first-order chi connectivity index (χ1) is 6.97. The summed E-state index contributed by atoms with van der Waals surface area (Å²) < 4.78 is -0.194. The lowest BCUT2D eigenvalue weighted by molar-refractivity contribution is -0.0625. The Hall–Kier alpha value is 0.540. The summed E-state index contributed by atoms with van der Waals surface area (Å²) in [4.78, 5) is 0. The lowest BCUT2D eigenvalue weighted by Gasteiger charge is -2.39. The molecule has 0 unspecified atom stereocenters. The van der Waals surface area contributed by atoms with E-state index in [4.69, 9.17) is 5.11 Å². The molecule has 1 saturated heterocycles. The van der Waals surface area contributed by atoms with Crippen LogP contribution in [0.2, 0.25) is 0 Å². The average molecular weight is 254 g/mol. The van der Waals surface area contributed by atoms with Gasteiger partial charge >= 0.3 is 0 Å². The summed E-state index contributed by atoms with van der Waals surface area (Å²) in [6.07, 6.45) is -3.17. The smallest absolute Gasteiger partial charge is 0.109 e. The van der Waals surface area contributed by atoms with E-state index in [1.54, 1.807) is 0 Å². The number of hydrogen-bond donors (Lipinski definition) is 4. The van der Waals surface area contributed by atoms with Crippen LogP contribution in [-0.4, -0.2) is 60.4 Å². The van der Waals surface area contributed by atoms with Crippen molar-refractivity contribution in [2.24, 2.45) is 0 Å². The highest BCUT2D eigenvalue weighted by Gasteiger charge is 2.43. The van der Waals surface area contributed by atoms with E-state index in [1.165, 1.54) is 23.5 Å². The number of thioether (sulfide) groups is 2. The molecule has 4 N–H and O–H groups in total. The maximum absolute atomic E-state index is 9.74. The third-order valence-electron chi connectivity index (χ3n) is 2.25. The highest BCUT2D eigenvalue weighted by atomic mass is 32.2. The van der Waals surface area contributed by atoms with Gasteiger partial charge < -0.3 is 20.4 Å². The van der Waals surface area contributed by atoms with Crippen LogP contribution >= 0.6 is 23.5 Å². The second-order valence-corrected chi connectivity index (χ2v) is 7.29. The van der Waals surface area contributed by atoms with Crippen molar-refractivity contribution in [3.8, 4) is 0 Å². The first-order valence-electron chi connectivity index (χ1n) is 4.93. The molecule has 1 fully saturated rings. The molecule has 0 aliphatic carbocycles. The molecule has 0 aromatic carbocycles. The van der Waals surface area contributed by atoms with Crippen molar-refractivity contribution in [2.75, 3.05) is 6.61 Å². The highest BCUT2D eigenvalue weighted by molar-refractivity contribution is 8.17. The van der Waals surface area contributed by atoms with Gasteiger partial charge in [-0.05, 0) is 0 Å². The molecule has 90 valence electrons. The summed E-state index contributed by atoms with van der Waals surface area (Å²) in [5.74, 6) is 0. The summed E-state index contributed by atoms with van der Waals surface area (Å²) in [7, 11) is 0. The average Bonchev–Trinajstić information content (AvgIpc) is 2.18. The molecule has 1 aliphatic rings. The summed E-state index contributed by atoms with van der Waals surface area (Å²) in [6, 6.07) is 0. The summed E-state index contributed by atoms with van der Waals surface area (Å²) in [5.41, 5.74) is 0. The van der Waals surface area contributed by atoms with Crippen LogP contribution in [0.25, 0.3) is 0 Å². The van der Waals surface area contributed by atoms with Crippen molar-refractivity contribution in [1.82, 2.24) is 0 Å². The third kappa shape index (κ3) is 3.25. The van der Waals surface area contributed by atoms with Crippen LogP contribution in [0, 0.1) is 0 Å². The fourth-order valence-corrected chi connectivity index (χ4v) is 4.73. The molecule has 1 rings (SSSR count). The monoisotopic (exact) mass is 254 g/mol. The maximum atomic E-state index is 9.74. The summed E-state index contributed by atoms with van der Waals surface area (Å²) in [6.45, 7) is 3.82. The quantitative estimate of drug-likeness (QED) is 0.551. The normalized spacial score (nSPS) is 42.2. The number of rotatable bonds is 3. The minimum Gasteiger partial charge on any atom is -0.395 e. The van der Waals surface area contributed by atoms with Crippen molar-refractivity contribution in [2.45, 2.75) is 47.2 Å². The molecule has 0 bridgehead atoms. The zero-order valence-corrected chi connectivity index (χ0v) is 10.4. The molecule has 6 heteroatoms. The lowest BCUT2D eigenvalue weighted by atomic mass is 10.1. The van der Waals surface area contributed by atoms with Crippen LogP contribution in [0.1, 0.15) is 13.8 Å². The van der Waals surface area contributed by atoms with Crippen molar-refractivity contribution >= 4 is 23.5 Å². The number of aliphatic hydroxyl groups excluding tert-OH is 4. The number of aliphatic hydroxyl groups is 4. The van der Waals surface area contributed by atoms with Gasteiger partial charge in [0.25, 0.3) is 0 Å².